The van der Waals surface area contributed by atoms with Gasteiger partial charge in [-0.2, -0.15) is 0 Å². The van der Waals surface area contributed by atoms with E-state index in [0.717, 1.165) is 47.1 Å². The van der Waals surface area contributed by atoms with Gasteiger partial charge in [0.25, 0.3) is 0 Å². The van der Waals surface area contributed by atoms with Crippen molar-refractivity contribution in [2.75, 3.05) is 9.80 Å². The SMILES string of the molecule is CCc1ccc(N2C(=O)[C@H]3[C@H](CC=C4[C@H]3C[C@H]3C(=O)N(c5ccc(CC)cc5)C(=O)[C@H]3[C@H]4c3cc(OC(F)(F)F)ccc3O)C2=O)cc1. The molecule has 2 saturated heterocycles. The number of carbonyl (C=O) groups is 4. The van der Waals surface area contributed by atoms with Crippen molar-refractivity contribution in [2.45, 2.75) is 51.8 Å². The summed E-state index contributed by atoms with van der Waals surface area (Å²) < 4.78 is 44.0. The lowest BCUT2D eigenvalue weighted by Crippen LogP contribution is -2.43. The first-order chi connectivity index (χ1) is 22.9. The van der Waals surface area contributed by atoms with Crippen molar-refractivity contribution in [3.63, 3.8) is 0 Å². The summed E-state index contributed by atoms with van der Waals surface area (Å²) in [6.45, 7) is 3.97. The Morgan fingerprint density at radius 2 is 1.27 bits per heavy atom. The molecule has 4 amide bonds. The average Bonchev–Trinajstić information content (AvgIpc) is 3.47. The van der Waals surface area contributed by atoms with Gasteiger partial charge in [-0.25, -0.2) is 0 Å². The van der Waals surface area contributed by atoms with E-state index in [1.807, 2.05) is 38.1 Å². The lowest BCUT2D eigenvalue weighted by atomic mass is 9.57. The Morgan fingerprint density at radius 1 is 0.729 bits per heavy atom. The largest absolute Gasteiger partial charge is 0.573 e. The highest BCUT2D eigenvalue weighted by Crippen LogP contribution is 2.59. The molecule has 11 heteroatoms. The summed E-state index contributed by atoms with van der Waals surface area (Å²) in [7, 11) is 0. The van der Waals surface area contributed by atoms with Crippen LogP contribution in [0.4, 0.5) is 24.5 Å². The Bertz CT molecular complexity index is 1850. The first-order valence-corrected chi connectivity index (χ1v) is 16.1. The van der Waals surface area contributed by atoms with Gasteiger partial charge in [0.1, 0.15) is 11.5 Å². The Balaban J connectivity index is 1.33. The summed E-state index contributed by atoms with van der Waals surface area (Å²) in [5.41, 5.74) is 3.36. The van der Waals surface area contributed by atoms with E-state index in [-0.39, 0.29) is 30.1 Å². The molecule has 0 aromatic heterocycles. The van der Waals surface area contributed by atoms with E-state index in [9.17, 15) is 37.5 Å². The molecule has 0 radical (unpaired) electrons. The summed E-state index contributed by atoms with van der Waals surface area (Å²) in [6.07, 6.45) is -1.48. The number of benzene rings is 3. The molecule has 0 bridgehead atoms. The number of allylic oxidation sites excluding steroid dienone is 2. The summed E-state index contributed by atoms with van der Waals surface area (Å²) in [6, 6.07) is 17.2. The van der Waals surface area contributed by atoms with Crippen LogP contribution < -0.4 is 14.5 Å². The number of hydrogen-bond acceptors (Lipinski definition) is 6. The molecule has 2 aliphatic carbocycles. The fourth-order valence-corrected chi connectivity index (χ4v) is 8.19. The molecule has 248 valence electrons. The number of rotatable bonds is 6. The number of ether oxygens (including phenoxy) is 1. The monoisotopic (exact) mass is 658 g/mol. The maximum Gasteiger partial charge on any atom is 0.573 e. The van der Waals surface area contributed by atoms with Crippen LogP contribution in [0.3, 0.4) is 0 Å². The van der Waals surface area contributed by atoms with Crippen molar-refractivity contribution in [1.29, 1.82) is 0 Å². The van der Waals surface area contributed by atoms with E-state index in [4.69, 9.17) is 0 Å². The van der Waals surface area contributed by atoms with Gasteiger partial charge in [0, 0.05) is 11.5 Å². The number of hydrogen-bond donors (Lipinski definition) is 1. The molecule has 2 aliphatic heterocycles. The number of carbonyl (C=O) groups excluding carboxylic acids is 4. The number of halogens is 3. The third-order valence-electron chi connectivity index (χ3n) is 10.4. The van der Waals surface area contributed by atoms with Crippen molar-refractivity contribution in [3.8, 4) is 11.5 Å². The molecule has 4 aliphatic rings. The van der Waals surface area contributed by atoms with Crippen molar-refractivity contribution >= 4 is 35.0 Å². The number of anilines is 2. The molecule has 3 aromatic rings. The van der Waals surface area contributed by atoms with E-state index < -0.39 is 65.3 Å². The minimum atomic E-state index is -5.01. The number of nitrogens with zero attached hydrogens (tertiary/aromatic N) is 2. The van der Waals surface area contributed by atoms with Crippen LogP contribution in [0.25, 0.3) is 0 Å². The summed E-state index contributed by atoms with van der Waals surface area (Å²) >= 11 is 0. The number of amides is 4. The predicted molar refractivity (Wildman–Crippen MR) is 169 cm³/mol. The average molecular weight is 659 g/mol. The molecular weight excluding hydrogens is 625 g/mol. The molecule has 7 rings (SSSR count). The van der Waals surface area contributed by atoms with Gasteiger partial charge >= 0.3 is 6.36 Å². The molecule has 0 spiro atoms. The maximum absolute atomic E-state index is 14.3. The van der Waals surface area contributed by atoms with Crippen LogP contribution in [0.1, 0.15) is 49.3 Å². The van der Waals surface area contributed by atoms with E-state index in [0.29, 0.717) is 16.9 Å². The van der Waals surface area contributed by atoms with Crippen LogP contribution in [0.2, 0.25) is 0 Å². The third-order valence-corrected chi connectivity index (χ3v) is 10.4. The molecule has 3 fully saturated rings. The van der Waals surface area contributed by atoms with Gasteiger partial charge in [0.05, 0.1) is 35.0 Å². The first-order valence-electron chi connectivity index (χ1n) is 16.1. The number of alkyl halides is 3. The summed E-state index contributed by atoms with van der Waals surface area (Å²) in [5, 5.41) is 11.1. The molecule has 8 nitrogen and oxygen atoms in total. The van der Waals surface area contributed by atoms with Crippen molar-refractivity contribution < 1.29 is 42.2 Å². The van der Waals surface area contributed by atoms with E-state index >= 15 is 0 Å². The lowest BCUT2D eigenvalue weighted by Gasteiger charge is -2.44. The van der Waals surface area contributed by atoms with Gasteiger partial charge in [-0.3, -0.25) is 29.0 Å². The summed E-state index contributed by atoms with van der Waals surface area (Å²) in [4.78, 5) is 58.7. The molecular formula is C37H33F3N2O6. The van der Waals surface area contributed by atoms with Crippen LogP contribution >= 0.6 is 0 Å². The number of aromatic hydroxyl groups is 1. The number of phenols is 1. The highest BCUT2D eigenvalue weighted by atomic mass is 19.4. The first kappa shape index (κ1) is 31.7. The normalized spacial score (nSPS) is 26.7. The van der Waals surface area contributed by atoms with Crippen LogP contribution in [0.15, 0.2) is 78.4 Å². The van der Waals surface area contributed by atoms with Gasteiger partial charge in [-0.1, -0.05) is 49.8 Å². The predicted octanol–water partition coefficient (Wildman–Crippen LogP) is 6.46. The van der Waals surface area contributed by atoms with Crippen LogP contribution in [0.5, 0.6) is 11.5 Å². The molecule has 3 aromatic carbocycles. The standard InChI is InChI=1S/C37H33F3N2O6/c1-3-19-5-9-21(10-6-19)41-33(44)25-15-14-24-26(31(25)35(41)46)18-28-32(30(24)27-17-23(13-16-29(27)43)48-37(38,39)40)36(47)42(34(28)45)22-11-7-20(4-2)8-12-22/h5-14,16-17,25-26,28,30-32,43H,3-4,15,18H2,1-2H3/t25-,26+,28+,30+,31-,32+/m0/s1. The third kappa shape index (κ3) is 5.07. The smallest absolute Gasteiger partial charge is 0.508 e. The minimum absolute atomic E-state index is 0.0192. The molecule has 1 saturated carbocycles. The van der Waals surface area contributed by atoms with Gasteiger partial charge in [-0.15, -0.1) is 13.2 Å². The van der Waals surface area contributed by atoms with Gasteiger partial charge in [-0.05, 0) is 85.2 Å². The highest BCUT2D eigenvalue weighted by molar-refractivity contribution is 6.24. The Hall–Kier alpha value is -4.93. The molecule has 48 heavy (non-hydrogen) atoms. The van der Waals surface area contributed by atoms with Crippen LogP contribution in [-0.4, -0.2) is 35.1 Å². The van der Waals surface area contributed by atoms with E-state index in [2.05, 4.69) is 4.74 Å². The molecule has 1 N–H and O–H groups in total. The highest BCUT2D eigenvalue weighted by Gasteiger charge is 2.62. The maximum atomic E-state index is 14.3. The second kappa shape index (κ2) is 11.6. The second-order valence-electron chi connectivity index (χ2n) is 12.9. The second-order valence-corrected chi connectivity index (χ2v) is 12.9. The van der Waals surface area contributed by atoms with Gasteiger partial charge < -0.3 is 9.84 Å². The zero-order chi connectivity index (χ0) is 34.1. The van der Waals surface area contributed by atoms with Gasteiger partial charge in [0.15, 0.2) is 0 Å². The van der Waals surface area contributed by atoms with Crippen LogP contribution in [0, 0.1) is 29.6 Å². The topological polar surface area (TPSA) is 104 Å². The molecule has 6 atom stereocenters. The molecule has 0 unspecified atom stereocenters. The summed E-state index contributed by atoms with van der Waals surface area (Å²) in [5.74, 6) is -8.14. The lowest BCUT2D eigenvalue weighted by molar-refractivity contribution is -0.274. The number of aryl methyl sites for hydroxylation is 2. The zero-order valence-corrected chi connectivity index (χ0v) is 26.2. The quantitative estimate of drug-likeness (QED) is 0.241. The number of imide groups is 2. The fourth-order valence-electron chi connectivity index (χ4n) is 8.19. The minimum Gasteiger partial charge on any atom is -0.508 e. The Kier molecular flexibility index (Phi) is 7.68. The van der Waals surface area contributed by atoms with E-state index in [1.54, 1.807) is 30.3 Å². The number of fused-ring (bicyclic) bond motifs is 4. The van der Waals surface area contributed by atoms with Crippen LogP contribution in [-0.2, 0) is 32.0 Å². The van der Waals surface area contributed by atoms with E-state index in [1.165, 1.54) is 4.90 Å². The van der Waals surface area contributed by atoms with Crippen molar-refractivity contribution in [1.82, 2.24) is 0 Å². The fraction of sp³-hybridized carbons (Fsp3) is 0.351. The molecule has 2 heterocycles. The van der Waals surface area contributed by atoms with Gasteiger partial charge in [0.2, 0.25) is 23.6 Å². The van der Waals surface area contributed by atoms with Crippen molar-refractivity contribution in [2.24, 2.45) is 29.6 Å². The Morgan fingerprint density at radius 3 is 1.81 bits per heavy atom. The zero-order valence-electron chi connectivity index (χ0n) is 26.2. The van der Waals surface area contributed by atoms with Crippen molar-refractivity contribution in [3.05, 3.63) is 95.1 Å². The Labute approximate surface area is 274 Å². The number of phenolic OH excluding ortho intramolecular Hbond substituents is 1.